The fraction of sp³-hybridized carbons (Fsp3) is 0.0588. The van der Waals surface area contributed by atoms with E-state index in [1.807, 2.05) is 0 Å². The van der Waals surface area contributed by atoms with Crippen LogP contribution in [0.5, 0.6) is 5.75 Å². The van der Waals surface area contributed by atoms with Crippen LogP contribution in [0.15, 0.2) is 54.6 Å². The lowest BCUT2D eigenvalue weighted by Gasteiger charge is -2.11. The highest BCUT2D eigenvalue weighted by Gasteiger charge is 2.31. The lowest BCUT2D eigenvalue weighted by Crippen LogP contribution is -2.18. The van der Waals surface area contributed by atoms with E-state index in [9.17, 15) is 22.8 Å². The van der Waals surface area contributed by atoms with Gasteiger partial charge in [-0.25, -0.2) is 0 Å². The molecule has 0 atom stereocenters. The zero-order valence-corrected chi connectivity index (χ0v) is 12.7. The zero-order valence-electron chi connectivity index (χ0n) is 12.7. The van der Waals surface area contributed by atoms with Crippen molar-refractivity contribution in [1.82, 2.24) is 0 Å². The summed E-state index contributed by atoms with van der Waals surface area (Å²) in [6.45, 7) is 0. The highest BCUT2D eigenvalue weighted by atomic mass is 19.4. The summed E-state index contributed by atoms with van der Waals surface area (Å²) in [5, 5.41) is 2.44. The van der Waals surface area contributed by atoms with Gasteiger partial charge >= 0.3 is 6.36 Å². The third-order valence-electron chi connectivity index (χ3n) is 3.01. The summed E-state index contributed by atoms with van der Waals surface area (Å²) in [4.78, 5) is 23.2. The van der Waals surface area contributed by atoms with Crippen LogP contribution >= 0.6 is 0 Å². The molecule has 5 nitrogen and oxygen atoms in total. The molecule has 0 fully saturated rings. The van der Waals surface area contributed by atoms with E-state index in [1.54, 1.807) is 12.1 Å². The summed E-state index contributed by atoms with van der Waals surface area (Å²) >= 11 is 0. The SMILES string of the molecule is NC(=O)c1ccccc1NC(=O)C=Cc1ccccc1OC(F)(F)F. The first-order valence-corrected chi connectivity index (χ1v) is 6.99. The van der Waals surface area contributed by atoms with Gasteiger partial charge in [-0.2, -0.15) is 0 Å². The minimum atomic E-state index is -4.84. The lowest BCUT2D eigenvalue weighted by molar-refractivity contribution is -0.274. The molecule has 2 aromatic rings. The van der Waals surface area contributed by atoms with Crippen LogP contribution in [0.4, 0.5) is 18.9 Å². The molecule has 0 saturated carbocycles. The number of carbonyl (C=O) groups is 2. The topological polar surface area (TPSA) is 81.4 Å². The first-order chi connectivity index (χ1) is 11.8. The van der Waals surface area contributed by atoms with Crippen molar-refractivity contribution in [2.24, 2.45) is 5.73 Å². The van der Waals surface area contributed by atoms with E-state index in [-0.39, 0.29) is 16.8 Å². The second-order valence-corrected chi connectivity index (χ2v) is 4.82. The third-order valence-corrected chi connectivity index (χ3v) is 3.01. The van der Waals surface area contributed by atoms with Crippen molar-refractivity contribution < 1.29 is 27.5 Å². The van der Waals surface area contributed by atoms with Gasteiger partial charge in [-0.3, -0.25) is 9.59 Å². The number of nitrogens with one attached hydrogen (secondary N) is 1. The summed E-state index contributed by atoms with van der Waals surface area (Å²) in [5.41, 5.74) is 5.58. The summed E-state index contributed by atoms with van der Waals surface area (Å²) in [7, 11) is 0. The molecule has 25 heavy (non-hydrogen) atoms. The molecule has 0 bridgehead atoms. The smallest absolute Gasteiger partial charge is 0.405 e. The fourth-order valence-corrected chi connectivity index (χ4v) is 1.98. The van der Waals surface area contributed by atoms with Crippen LogP contribution in [0.3, 0.4) is 0 Å². The Morgan fingerprint density at radius 1 is 1.04 bits per heavy atom. The Kier molecular flexibility index (Phi) is 5.43. The molecule has 0 saturated heterocycles. The van der Waals surface area contributed by atoms with Crippen LogP contribution in [0, 0.1) is 0 Å². The highest BCUT2D eigenvalue weighted by molar-refractivity contribution is 6.07. The van der Waals surface area contributed by atoms with Crippen LogP contribution in [0.2, 0.25) is 0 Å². The Hall–Kier alpha value is -3.29. The molecule has 0 aliphatic heterocycles. The number of hydrogen-bond donors (Lipinski definition) is 2. The predicted octanol–water partition coefficient (Wildman–Crippen LogP) is 3.34. The Morgan fingerprint density at radius 3 is 2.36 bits per heavy atom. The number of anilines is 1. The molecule has 2 aromatic carbocycles. The van der Waals surface area contributed by atoms with Gasteiger partial charge in [0.15, 0.2) is 0 Å². The Balaban J connectivity index is 2.15. The summed E-state index contributed by atoms with van der Waals surface area (Å²) in [6, 6.07) is 11.5. The minimum absolute atomic E-state index is 0.0677. The molecular weight excluding hydrogens is 337 g/mol. The van der Waals surface area contributed by atoms with Gasteiger partial charge in [-0.15, -0.1) is 13.2 Å². The van der Waals surface area contributed by atoms with Crippen molar-refractivity contribution in [2.45, 2.75) is 6.36 Å². The summed E-state index contributed by atoms with van der Waals surface area (Å²) in [6.07, 6.45) is -2.65. The fourth-order valence-electron chi connectivity index (χ4n) is 1.98. The molecule has 3 N–H and O–H groups in total. The molecule has 2 rings (SSSR count). The van der Waals surface area contributed by atoms with Crippen molar-refractivity contribution in [2.75, 3.05) is 5.32 Å². The largest absolute Gasteiger partial charge is 0.573 e. The molecule has 8 heteroatoms. The number of carbonyl (C=O) groups excluding carboxylic acids is 2. The van der Waals surface area contributed by atoms with E-state index in [4.69, 9.17) is 5.73 Å². The number of benzene rings is 2. The number of rotatable bonds is 5. The Labute approximate surface area is 140 Å². The normalized spacial score (nSPS) is 11.3. The number of halogens is 3. The number of primary amides is 1. The Bertz CT molecular complexity index is 817. The van der Waals surface area contributed by atoms with Crippen LogP contribution in [-0.2, 0) is 4.79 Å². The molecule has 2 amide bonds. The molecule has 0 heterocycles. The standard InChI is InChI=1S/C17H13F3N2O3/c18-17(19,20)25-14-8-4-1-5-11(14)9-10-15(23)22-13-7-3-2-6-12(13)16(21)24/h1-10H,(H2,21,24)(H,22,23). The number of alkyl halides is 3. The van der Waals surface area contributed by atoms with E-state index in [0.717, 1.165) is 12.1 Å². The van der Waals surface area contributed by atoms with Crippen LogP contribution in [-0.4, -0.2) is 18.2 Å². The molecule has 0 unspecified atom stereocenters. The third kappa shape index (κ3) is 5.38. The van der Waals surface area contributed by atoms with Gasteiger partial charge in [0.05, 0.1) is 11.3 Å². The number of ether oxygens (including phenoxy) is 1. The van der Waals surface area contributed by atoms with Crippen molar-refractivity contribution in [3.63, 3.8) is 0 Å². The average Bonchev–Trinajstić information content (AvgIpc) is 2.53. The molecule has 0 radical (unpaired) electrons. The monoisotopic (exact) mass is 350 g/mol. The highest BCUT2D eigenvalue weighted by Crippen LogP contribution is 2.27. The predicted molar refractivity (Wildman–Crippen MR) is 85.7 cm³/mol. The van der Waals surface area contributed by atoms with E-state index in [2.05, 4.69) is 10.1 Å². The van der Waals surface area contributed by atoms with Gasteiger partial charge < -0.3 is 15.8 Å². The molecule has 0 aliphatic carbocycles. The molecule has 0 spiro atoms. The van der Waals surface area contributed by atoms with Crippen molar-refractivity contribution >= 4 is 23.6 Å². The minimum Gasteiger partial charge on any atom is -0.405 e. The number of amides is 2. The maximum Gasteiger partial charge on any atom is 0.573 e. The molecule has 130 valence electrons. The second kappa shape index (κ2) is 7.52. The average molecular weight is 350 g/mol. The quantitative estimate of drug-likeness (QED) is 0.812. The number of para-hydroxylation sites is 2. The maximum atomic E-state index is 12.4. The van der Waals surface area contributed by atoms with Gasteiger partial charge in [-0.1, -0.05) is 30.3 Å². The first kappa shape index (κ1) is 18.1. The Morgan fingerprint density at radius 2 is 1.68 bits per heavy atom. The lowest BCUT2D eigenvalue weighted by atomic mass is 10.1. The van der Waals surface area contributed by atoms with E-state index in [0.29, 0.717) is 0 Å². The van der Waals surface area contributed by atoms with Crippen LogP contribution in [0.25, 0.3) is 6.08 Å². The van der Waals surface area contributed by atoms with Crippen LogP contribution < -0.4 is 15.8 Å². The molecule has 0 aromatic heterocycles. The summed E-state index contributed by atoms with van der Waals surface area (Å²) < 4.78 is 41.0. The van der Waals surface area contributed by atoms with Crippen molar-refractivity contribution in [3.8, 4) is 5.75 Å². The number of hydrogen-bond acceptors (Lipinski definition) is 3. The van der Waals surface area contributed by atoms with E-state index in [1.165, 1.54) is 36.4 Å². The van der Waals surface area contributed by atoms with Gasteiger partial charge in [0.1, 0.15) is 5.75 Å². The zero-order chi connectivity index (χ0) is 18.4. The van der Waals surface area contributed by atoms with Crippen molar-refractivity contribution in [3.05, 3.63) is 65.7 Å². The molecule has 0 aliphatic rings. The maximum absolute atomic E-state index is 12.4. The van der Waals surface area contributed by atoms with Gasteiger partial charge in [0.2, 0.25) is 5.91 Å². The number of nitrogens with two attached hydrogens (primary N) is 1. The van der Waals surface area contributed by atoms with E-state index >= 15 is 0 Å². The first-order valence-electron chi connectivity index (χ1n) is 6.99. The van der Waals surface area contributed by atoms with Crippen molar-refractivity contribution in [1.29, 1.82) is 0 Å². The van der Waals surface area contributed by atoms with E-state index < -0.39 is 23.9 Å². The second-order valence-electron chi connectivity index (χ2n) is 4.82. The van der Waals surface area contributed by atoms with Crippen LogP contribution in [0.1, 0.15) is 15.9 Å². The van der Waals surface area contributed by atoms with Gasteiger partial charge in [-0.05, 0) is 24.3 Å². The van der Waals surface area contributed by atoms with Gasteiger partial charge in [0.25, 0.3) is 5.91 Å². The summed E-state index contributed by atoms with van der Waals surface area (Å²) in [5.74, 6) is -1.80. The van der Waals surface area contributed by atoms with Gasteiger partial charge in [0, 0.05) is 11.6 Å². The molecular formula is C17H13F3N2O3.